The number of hydrogen-bond donors (Lipinski definition) is 0. The number of esters is 1. The molecule has 1 aromatic rings. The Morgan fingerprint density at radius 2 is 2.17 bits per heavy atom. The summed E-state index contributed by atoms with van der Waals surface area (Å²) in [6.45, 7) is 1.98. The third-order valence-corrected chi connectivity index (χ3v) is 2.08. The predicted octanol–water partition coefficient (Wildman–Crippen LogP) is 2.38. The SMILES string of the molecule is CCOC(=O)CCCc1nccc(C(F)(F)F)n1. The van der Waals surface area contributed by atoms with Crippen LogP contribution in [0.3, 0.4) is 0 Å². The van der Waals surface area contributed by atoms with Gasteiger partial charge >= 0.3 is 12.1 Å². The average Bonchev–Trinajstić information content (AvgIpc) is 2.29. The van der Waals surface area contributed by atoms with Gasteiger partial charge in [0.2, 0.25) is 0 Å². The predicted molar refractivity (Wildman–Crippen MR) is 56.6 cm³/mol. The number of ether oxygens (including phenoxy) is 1. The van der Waals surface area contributed by atoms with Crippen LogP contribution in [0.4, 0.5) is 13.2 Å². The molecule has 18 heavy (non-hydrogen) atoms. The molecule has 0 saturated carbocycles. The highest BCUT2D eigenvalue weighted by atomic mass is 19.4. The van der Waals surface area contributed by atoms with Gasteiger partial charge in [-0.25, -0.2) is 9.97 Å². The first-order valence-electron chi connectivity index (χ1n) is 5.48. The minimum Gasteiger partial charge on any atom is -0.466 e. The number of aryl methyl sites for hydroxylation is 1. The average molecular weight is 262 g/mol. The second-order valence-corrected chi connectivity index (χ2v) is 3.51. The van der Waals surface area contributed by atoms with E-state index in [-0.39, 0.29) is 24.6 Å². The van der Waals surface area contributed by atoms with E-state index in [9.17, 15) is 18.0 Å². The molecule has 0 radical (unpaired) electrons. The van der Waals surface area contributed by atoms with Gasteiger partial charge in [-0.1, -0.05) is 0 Å². The molecule has 1 rings (SSSR count). The fourth-order valence-corrected chi connectivity index (χ4v) is 1.30. The second kappa shape index (κ2) is 6.32. The minimum atomic E-state index is -4.47. The van der Waals surface area contributed by atoms with Crippen molar-refractivity contribution >= 4 is 5.97 Å². The maximum absolute atomic E-state index is 12.4. The zero-order chi connectivity index (χ0) is 13.6. The number of carbonyl (C=O) groups is 1. The Morgan fingerprint density at radius 3 is 2.78 bits per heavy atom. The third kappa shape index (κ3) is 4.68. The first-order valence-corrected chi connectivity index (χ1v) is 5.48. The van der Waals surface area contributed by atoms with Gasteiger partial charge in [-0.05, 0) is 19.4 Å². The molecule has 0 aliphatic heterocycles. The lowest BCUT2D eigenvalue weighted by molar-refractivity contribution is -0.143. The van der Waals surface area contributed by atoms with Crippen LogP contribution in [-0.2, 0) is 22.1 Å². The monoisotopic (exact) mass is 262 g/mol. The summed E-state index contributed by atoms with van der Waals surface area (Å²) in [6, 6.07) is 0.814. The van der Waals surface area contributed by atoms with Crippen molar-refractivity contribution in [2.45, 2.75) is 32.4 Å². The van der Waals surface area contributed by atoms with Gasteiger partial charge in [-0.3, -0.25) is 4.79 Å². The maximum atomic E-state index is 12.4. The molecule has 0 aliphatic carbocycles. The van der Waals surface area contributed by atoms with Crippen molar-refractivity contribution in [3.05, 3.63) is 23.8 Å². The van der Waals surface area contributed by atoms with Gasteiger partial charge in [0.05, 0.1) is 6.61 Å². The number of rotatable bonds is 5. The van der Waals surface area contributed by atoms with Gasteiger partial charge in [0.15, 0.2) is 0 Å². The van der Waals surface area contributed by atoms with Gasteiger partial charge in [-0.2, -0.15) is 13.2 Å². The fraction of sp³-hybridized carbons (Fsp3) is 0.545. The van der Waals surface area contributed by atoms with E-state index in [1.807, 2.05) is 0 Å². The van der Waals surface area contributed by atoms with E-state index in [1.165, 1.54) is 0 Å². The molecule has 0 bridgehead atoms. The van der Waals surface area contributed by atoms with Crippen molar-refractivity contribution in [2.24, 2.45) is 0 Å². The largest absolute Gasteiger partial charge is 0.466 e. The Balaban J connectivity index is 2.51. The summed E-state index contributed by atoms with van der Waals surface area (Å²) in [6.07, 6.45) is -2.69. The summed E-state index contributed by atoms with van der Waals surface area (Å²) in [7, 11) is 0. The van der Waals surface area contributed by atoms with E-state index in [4.69, 9.17) is 4.74 Å². The molecule has 1 heterocycles. The molecule has 0 unspecified atom stereocenters. The topological polar surface area (TPSA) is 52.1 Å². The van der Waals surface area contributed by atoms with Gasteiger partial charge < -0.3 is 4.74 Å². The summed E-state index contributed by atoms with van der Waals surface area (Å²) < 4.78 is 41.8. The number of hydrogen-bond acceptors (Lipinski definition) is 4. The molecule has 7 heteroatoms. The first-order chi connectivity index (χ1) is 8.43. The highest BCUT2D eigenvalue weighted by Gasteiger charge is 2.32. The van der Waals surface area contributed by atoms with Crippen LogP contribution in [0, 0.1) is 0 Å². The number of alkyl halides is 3. The van der Waals surface area contributed by atoms with Crippen LogP contribution >= 0.6 is 0 Å². The van der Waals surface area contributed by atoms with Crippen LogP contribution < -0.4 is 0 Å². The first kappa shape index (κ1) is 14.4. The lowest BCUT2D eigenvalue weighted by Crippen LogP contribution is -2.11. The zero-order valence-corrected chi connectivity index (χ0v) is 9.83. The Labute approximate surface area is 102 Å². The van der Waals surface area contributed by atoms with Crippen molar-refractivity contribution in [2.75, 3.05) is 6.61 Å². The maximum Gasteiger partial charge on any atom is 0.433 e. The van der Waals surface area contributed by atoms with Crippen LogP contribution in [0.2, 0.25) is 0 Å². The molecule has 0 aliphatic rings. The van der Waals surface area contributed by atoms with Gasteiger partial charge in [0.1, 0.15) is 11.5 Å². The number of halogens is 3. The molecular formula is C11H13F3N2O2. The second-order valence-electron chi connectivity index (χ2n) is 3.51. The molecule has 0 atom stereocenters. The molecule has 4 nitrogen and oxygen atoms in total. The van der Waals surface area contributed by atoms with E-state index >= 15 is 0 Å². The number of carbonyl (C=O) groups excluding carboxylic acids is 1. The molecule has 0 N–H and O–H groups in total. The molecule has 0 aromatic carbocycles. The summed E-state index contributed by atoms with van der Waals surface area (Å²) >= 11 is 0. The van der Waals surface area contributed by atoms with Crippen molar-refractivity contribution in [1.29, 1.82) is 0 Å². The summed E-state index contributed by atoms with van der Waals surface area (Å²) in [5.74, 6) is -0.293. The van der Waals surface area contributed by atoms with Gasteiger partial charge in [0.25, 0.3) is 0 Å². The van der Waals surface area contributed by atoms with E-state index in [2.05, 4.69) is 9.97 Å². The molecule has 0 amide bonds. The van der Waals surface area contributed by atoms with Crippen molar-refractivity contribution in [3.63, 3.8) is 0 Å². The quantitative estimate of drug-likeness (QED) is 0.764. The fourth-order valence-electron chi connectivity index (χ4n) is 1.30. The third-order valence-electron chi connectivity index (χ3n) is 2.08. The van der Waals surface area contributed by atoms with Gasteiger partial charge in [-0.15, -0.1) is 0 Å². The molecule has 0 fully saturated rings. The normalized spacial score (nSPS) is 11.3. The van der Waals surface area contributed by atoms with Crippen molar-refractivity contribution < 1.29 is 22.7 Å². The van der Waals surface area contributed by atoms with Crippen molar-refractivity contribution in [1.82, 2.24) is 9.97 Å². The van der Waals surface area contributed by atoms with E-state index < -0.39 is 11.9 Å². The summed E-state index contributed by atoms with van der Waals surface area (Å²) in [5, 5.41) is 0. The molecule has 0 saturated heterocycles. The standard InChI is InChI=1S/C11H13F3N2O2/c1-2-18-10(17)5-3-4-9-15-7-6-8(16-9)11(12,13)14/h6-7H,2-5H2,1H3. The molecule has 0 spiro atoms. The van der Waals surface area contributed by atoms with E-state index in [1.54, 1.807) is 6.92 Å². The van der Waals surface area contributed by atoms with Crippen molar-refractivity contribution in [3.8, 4) is 0 Å². The van der Waals surface area contributed by atoms with E-state index in [0.29, 0.717) is 13.0 Å². The molecular weight excluding hydrogens is 249 g/mol. The summed E-state index contributed by atoms with van der Waals surface area (Å²) in [5.41, 5.74) is -0.969. The Hall–Kier alpha value is -1.66. The summed E-state index contributed by atoms with van der Waals surface area (Å²) in [4.78, 5) is 18.1. The number of nitrogens with zero attached hydrogens (tertiary/aromatic N) is 2. The number of aromatic nitrogens is 2. The van der Waals surface area contributed by atoms with Crippen LogP contribution in [0.25, 0.3) is 0 Å². The lowest BCUT2D eigenvalue weighted by atomic mass is 10.2. The smallest absolute Gasteiger partial charge is 0.433 e. The van der Waals surface area contributed by atoms with Crippen LogP contribution in [0.1, 0.15) is 31.3 Å². The minimum absolute atomic E-state index is 0.0779. The van der Waals surface area contributed by atoms with Gasteiger partial charge in [0, 0.05) is 19.0 Å². The zero-order valence-electron chi connectivity index (χ0n) is 9.83. The molecule has 1 aromatic heterocycles. The Bertz CT molecular complexity index is 408. The Kier molecular flexibility index (Phi) is 5.06. The van der Waals surface area contributed by atoms with Crippen LogP contribution in [0.5, 0.6) is 0 Å². The van der Waals surface area contributed by atoms with Crippen LogP contribution in [-0.4, -0.2) is 22.5 Å². The van der Waals surface area contributed by atoms with E-state index in [0.717, 1.165) is 12.3 Å². The Morgan fingerprint density at radius 1 is 1.44 bits per heavy atom. The highest BCUT2D eigenvalue weighted by Crippen LogP contribution is 2.27. The lowest BCUT2D eigenvalue weighted by Gasteiger charge is -2.06. The molecule has 100 valence electrons. The highest BCUT2D eigenvalue weighted by molar-refractivity contribution is 5.69. The van der Waals surface area contributed by atoms with Crippen LogP contribution in [0.15, 0.2) is 12.3 Å².